The summed E-state index contributed by atoms with van der Waals surface area (Å²) in [6.45, 7) is 9.90. The highest BCUT2D eigenvalue weighted by Gasteiger charge is 2.59. The lowest BCUT2D eigenvalue weighted by atomic mass is 10.1. The molecular formula is C16H25N3O7Si. The Morgan fingerprint density at radius 3 is 2.52 bits per heavy atom. The van der Waals surface area contributed by atoms with Gasteiger partial charge in [-0.15, -0.1) is 5.10 Å². The number of aromatic carboxylic acids is 1. The van der Waals surface area contributed by atoms with Gasteiger partial charge in [-0.25, -0.2) is 14.5 Å². The second kappa shape index (κ2) is 7.30. The van der Waals surface area contributed by atoms with Crippen molar-refractivity contribution in [2.75, 3.05) is 6.61 Å². The molecule has 11 heteroatoms. The highest BCUT2D eigenvalue weighted by Crippen LogP contribution is 2.44. The van der Waals surface area contributed by atoms with Crippen molar-refractivity contribution in [1.82, 2.24) is 14.8 Å². The second-order valence-electron chi connectivity index (χ2n) is 7.42. The number of ether oxygens (including phenoxy) is 2. The Morgan fingerprint density at radius 1 is 1.33 bits per heavy atom. The molecule has 150 valence electrons. The van der Waals surface area contributed by atoms with Gasteiger partial charge in [0.1, 0.15) is 18.5 Å². The molecule has 0 saturated carbocycles. The minimum Gasteiger partial charge on any atom is -0.475 e. The van der Waals surface area contributed by atoms with E-state index in [1.165, 1.54) is 17.9 Å². The fraction of sp³-hybridized carbons (Fsp3) is 0.750. The first-order chi connectivity index (χ1) is 12.7. The van der Waals surface area contributed by atoms with Crippen LogP contribution in [0.3, 0.4) is 0 Å². The molecule has 0 bridgehead atoms. The van der Waals surface area contributed by atoms with Crippen molar-refractivity contribution in [2.45, 2.75) is 70.2 Å². The van der Waals surface area contributed by atoms with Crippen molar-refractivity contribution in [3.8, 4) is 0 Å². The van der Waals surface area contributed by atoms with Crippen molar-refractivity contribution in [3.05, 3.63) is 12.2 Å². The SMILES string of the molecule is CC(=O)OC1[C@H](n2cnc(C(=O)O)n2)O[C@@H]2CO[Si](C(C)C)(C(C)C)O[C@@H]12. The van der Waals surface area contributed by atoms with Crippen LogP contribution in [0.2, 0.25) is 11.1 Å². The Hall–Kier alpha value is -1.82. The van der Waals surface area contributed by atoms with Crippen LogP contribution >= 0.6 is 0 Å². The van der Waals surface area contributed by atoms with E-state index in [0.717, 1.165) is 0 Å². The average molecular weight is 399 g/mol. The van der Waals surface area contributed by atoms with E-state index in [0.29, 0.717) is 6.61 Å². The van der Waals surface area contributed by atoms with Gasteiger partial charge >= 0.3 is 20.5 Å². The Morgan fingerprint density at radius 2 is 2.00 bits per heavy atom. The standard InChI is InChI=1S/C16H25N3O7Si/c1-8(2)27(9(3)4)23-6-11-12(26-27)13(24-10(5)20)15(25-11)19-7-17-14(18-19)16(21)22/h7-9,11-13,15H,6H2,1-5H3,(H,21,22)/t11-,12-,13?,15-/m1/s1. The fourth-order valence-corrected chi connectivity index (χ4v) is 7.49. The van der Waals surface area contributed by atoms with E-state index < -0.39 is 45.0 Å². The molecule has 3 heterocycles. The minimum absolute atomic E-state index is 0.195. The monoisotopic (exact) mass is 399 g/mol. The van der Waals surface area contributed by atoms with Crippen LogP contribution in [0, 0.1) is 0 Å². The number of carboxylic acid groups (broad SMARTS) is 1. The number of hydrogen-bond acceptors (Lipinski definition) is 8. The number of carbonyl (C=O) groups is 2. The molecule has 0 radical (unpaired) electrons. The molecule has 0 aliphatic carbocycles. The maximum Gasteiger partial charge on any atom is 0.375 e. The van der Waals surface area contributed by atoms with Gasteiger partial charge in [0.25, 0.3) is 5.82 Å². The van der Waals surface area contributed by atoms with E-state index in [4.69, 9.17) is 23.4 Å². The Balaban J connectivity index is 1.92. The second-order valence-corrected chi connectivity index (χ2v) is 11.7. The summed E-state index contributed by atoms with van der Waals surface area (Å²) in [7, 11) is -2.57. The van der Waals surface area contributed by atoms with E-state index in [2.05, 4.69) is 37.8 Å². The zero-order valence-corrected chi connectivity index (χ0v) is 17.0. The molecule has 0 spiro atoms. The molecule has 3 rings (SSSR count). The first-order valence-corrected chi connectivity index (χ1v) is 10.9. The quantitative estimate of drug-likeness (QED) is 0.579. The number of hydrogen-bond donors (Lipinski definition) is 1. The molecule has 27 heavy (non-hydrogen) atoms. The van der Waals surface area contributed by atoms with Gasteiger partial charge in [-0.1, -0.05) is 27.7 Å². The third-order valence-corrected chi connectivity index (χ3v) is 9.43. The molecule has 2 saturated heterocycles. The predicted molar refractivity (Wildman–Crippen MR) is 93.2 cm³/mol. The van der Waals surface area contributed by atoms with Gasteiger partial charge in [0.05, 0.1) is 6.61 Å². The van der Waals surface area contributed by atoms with Gasteiger partial charge in [-0.05, 0) is 11.1 Å². The predicted octanol–water partition coefficient (Wildman–Crippen LogP) is 1.48. The molecule has 1 aromatic rings. The Kier molecular flexibility index (Phi) is 5.39. The number of esters is 1. The molecule has 10 nitrogen and oxygen atoms in total. The highest BCUT2D eigenvalue weighted by molar-refractivity contribution is 6.70. The van der Waals surface area contributed by atoms with Crippen LogP contribution in [0.1, 0.15) is 51.5 Å². The zero-order chi connectivity index (χ0) is 19.9. The van der Waals surface area contributed by atoms with Gasteiger partial charge in [0, 0.05) is 6.92 Å². The molecule has 4 atom stereocenters. The smallest absolute Gasteiger partial charge is 0.375 e. The molecule has 0 amide bonds. The number of rotatable bonds is 5. The highest BCUT2D eigenvalue weighted by atomic mass is 28.4. The van der Waals surface area contributed by atoms with Gasteiger partial charge in [0.2, 0.25) is 0 Å². The van der Waals surface area contributed by atoms with E-state index in [-0.39, 0.29) is 16.9 Å². The summed E-state index contributed by atoms with van der Waals surface area (Å²) < 4.78 is 25.4. The number of aromatic nitrogens is 3. The molecule has 1 N–H and O–H groups in total. The molecule has 1 aromatic heterocycles. The maximum atomic E-state index is 11.7. The lowest BCUT2D eigenvalue weighted by Gasteiger charge is -2.45. The molecule has 2 aliphatic rings. The number of fused-ring (bicyclic) bond motifs is 1. The van der Waals surface area contributed by atoms with Crippen LogP contribution < -0.4 is 0 Å². The van der Waals surface area contributed by atoms with Crippen LogP contribution in [0.25, 0.3) is 0 Å². The van der Waals surface area contributed by atoms with E-state index in [1.807, 2.05) is 0 Å². The van der Waals surface area contributed by atoms with E-state index in [1.54, 1.807) is 0 Å². The van der Waals surface area contributed by atoms with Crippen LogP contribution in [0.5, 0.6) is 0 Å². The van der Waals surface area contributed by atoms with Crippen molar-refractivity contribution < 1.29 is 33.0 Å². The third kappa shape index (κ3) is 3.51. The first kappa shape index (κ1) is 19.9. The number of nitrogens with zero attached hydrogens (tertiary/aromatic N) is 3. The Labute approximate surface area is 158 Å². The Bertz CT molecular complexity index is 715. The first-order valence-electron chi connectivity index (χ1n) is 8.94. The van der Waals surface area contributed by atoms with Crippen molar-refractivity contribution in [1.29, 1.82) is 0 Å². The largest absolute Gasteiger partial charge is 0.475 e. The van der Waals surface area contributed by atoms with Crippen molar-refractivity contribution >= 4 is 20.5 Å². The maximum absolute atomic E-state index is 11.7. The van der Waals surface area contributed by atoms with Gasteiger partial charge < -0.3 is 23.4 Å². The van der Waals surface area contributed by atoms with Crippen LogP contribution in [-0.4, -0.2) is 65.3 Å². The normalized spacial score (nSPS) is 29.7. The molecule has 1 unspecified atom stereocenters. The van der Waals surface area contributed by atoms with Gasteiger partial charge in [-0.3, -0.25) is 4.79 Å². The summed E-state index contributed by atoms with van der Waals surface area (Å²) >= 11 is 0. The third-order valence-electron chi connectivity index (χ3n) is 4.95. The summed E-state index contributed by atoms with van der Waals surface area (Å²) in [4.78, 5) is 26.5. The van der Waals surface area contributed by atoms with Gasteiger partial charge in [-0.2, -0.15) is 0 Å². The fourth-order valence-electron chi connectivity index (χ4n) is 3.74. The molecular weight excluding hydrogens is 374 g/mol. The number of carbonyl (C=O) groups excluding carboxylic acids is 1. The summed E-state index contributed by atoms with van der Waals surface area (Å²) in [5.74, 6) is -2.09. The topological polar surface area (TPSA) is 122 Å². The summed E-state index contributed by atoms with van der Waals surface area (Å²) in [5, 5.41) is 13.0. The van der Waals surface area contributed by atoms with E-state index in [9.17, 15) is 9.59 Å². The zero-order valence-electron chi connectivity index (χ0n) is 16.0. The van der Waals surface area contributed by atoms with Crippen LogP contribution in [0.15, 0.2) is 6.33 Å². The molecule has 0 aromatic carbocycles. The number of carboxylic acids is 1. The summed E-state index contributed by atoms with van der Waals surface area (Å²) in [6, 6.07) is 0. The minimum atomic E-state index is -2.57. The summed E-state index contributed by atoms with van der Waals surface area (Å²) in [5.41, 5.74) is 0.390. The lowest BCUT2D eigenvalue weighted by molar-refractivity contribution is -0.156. The molecule has 2 aliphatic heterocycles. The van der Waals surface area contributed by atoms with Gasteiger partial charge in [0.15, 0.2) is 12.3 Å². The van der Waals surface area contributed by atoms with Crippen LogP contribution in [-0.2, 0) is 23.1 Å². The van der Waals surface area contributed by atoms with E-state index >= 15 is 0 Å². The molecule has 2 fully saturated rings. The van der Waals surface area contributed by atoms with Crippen LogP contribution in [0.4, 0.5) is 0 Å². The average Bonchev–Trinajstić information content (AvgIpc) is 3.18. The van der Waals surface area contributed by atoms with Crippen molar-refractivity contribution in [2.24, 2.45) is 0 Å². The summed E-state index contributed by atoms with van der Waals surface area (Å²) in [6.07, 6.45) is -1.32. The lowest BCUT2D eigenvalue weighted by Crippen LogP contribution is -2.60. The van der Waals surface area contributed by atoms with Crippen molar-refractivity contribution in [3.63, 3.8) is 0 Å².